The number of anilines is 1. The Labute approximate surface area is 111 Å². The molecule has 4 nitrogen and oxygen atoms in total. The molecule has 1 heterocycles. The highest BCUT2D eigenvalue weighted by Gasteiger charge is 2.07. The summed E-state index contributed by atoms with van der Waals surface area (Å²) in [6.07, 6.45) is 0. The number of hydrogen-bond donors (Lipinski definition) is 1. The lowest BCUT2D eigenvalue weighted by Crippen LogP contribution is -2.02. The Morgan fingerprint density at radius 2 is 1.94 bits per heavy atom. The second-order valence-corrected chi connectivity index (χ2v) is 4.95. The molecule has 2 rings (SSSR count). The lowest BCUT2D eigenvalue weighted by atomic mass is 10.1. The normalized spacial score (nSPS) is 10.4. The topological polar surface area (TPSA) is 47.0 Å². The first-order valence-electron chi connectivity index (χ1n) is 5.95. The third-order valence-corrected chi connectivity index (χ3v) is 3.19. The predicted molar refractivity (Wildman–Crippen MR) is 74.3 cm³/mol. The molecule has 0 radical (unpaired) electrons. The average molecular weight is 263 g/mol. The minimum atomic E-state index is 0.446. The van der Waals surface area contributed by atoms with E-state index in [1.807, 2.05) is 19.1 Å². The Morgan fingerprint density at radius 1 is 1.22 bits per heavy atom. The van der Waals surface area contributed by atoms with Gasteiger partial charge in [-0.25, -0.2) is 0 Å². The van der Waals surface area contributed by atoms with E-state index >= 15 is 0 Å². The van der Waals surface area contributed by atoms with Gasteiger partial charge in [-0.15, -0.1) is 5.10 Å². The number of ether oxygens (including phenoxy) is 1. The first kappa shape index (κ1) is 12.8. The molecule has 0 atom stereocenters. The van der Waals surface area contributed by atoms with E-state index in [0.29, 0.717) is 6.61 Å². The van der Waals surface area contributed by atoms with Crippen LogP contribution in [0.4, 0.5) is 5.00 Å². The Hall–Kier alpha value is -1.62. The molecular weight excluding hydrogens is 246 g/mol. The standard InChI is InChI=1S/C13H17N3OS/c1-4-14-13-12(15-16-18-13)8-17-11-6-9(2)5-10(3)7-11/h5-7,14H,4,8H2,1-3H3. The second-order valence-electron chi connectivity index (χ2n) is 4.19. The van der Waals surface area contributed by atoms with Crippen LogP contribution in [0.25, 0.3) is 0 Å². The van der Waals surface area contributed by atoms with Crippen LogP contribution in [0.1, 0.15) is 23.7 Å². The predicted octanol–water partition coefficient (Wildman–Crippen LogP) is 3.17. The fourth-order valence-electron chi connectivity index (χ4n) is 1.77. The molecule has 1 aromatic heterocycles. The van der Waals surface area contributed by atoms with Gasteiger partial charge < -0.3 is 10.1 Å². The van der Waals surface area contributed by atoms with Crippen molar-refractivity contribution in [3.05, 3.63) is 35.0 Å². The van der Waals surface area contributed by atoms with E-state index < -0.39 is 0 Å². The van der Waals surface area contributed by atoms with Gasteiger partial charge in [0.15, 0.2) is 0 Å². The zero-order valence-electron chi connectivity index (χ0n) is 10.9. The number of rotatable bonds is 5. The van der Waals surface area contributed by atoms with Gasteiger partial charge in [0.25, 0.3) is 0 Å². The van der Waals surface area contributed by atoms with Gasteiger partial charge in [-0.05, 0) is 44.0 Å². The number of aromatic nitrogens is 2. The van der Waals surface area contributed by atoms with Crippen LogP contribution in [-0.4, -0.2) is 16.1 Å². The van der Waals surface area contributed by atoms with Crippen molar-refractivity contribution >= 4 is 16.5 Å². The SMILES string of the molecule is CCNc1snnc1COc1cc(C)cc(C)c1. The van der Waals surface area contributed by atoms with Crippen molar-refractivity contribution in [3.8, 4) is 5.75 Å². The van der Waals surface area contributed by atoms with E-state index in [-0.39, 0.29) is 0 Å². The van der Waals surface area contributed by atoms with Gasteiger partial charge in [0.2, 0.25) is 0 Å². The summed E-state index contributed by atoms with van der Waals surface area (Å²) in [6.45, 7) is 7.49. The quantitative estimate of drug-likeness (QED) is 0.900. The second kappa shape index (κ2) is 5.82. The molecule has 0 spiro atoms. The van der Waals surface area contributed by atoms with Crippen molar-refractivity contribution in [1.29, 1.82) is 0 Å². The van der Waals surface area contributed by atoms with Gasteiger partial charge in [0, 0.05) is 18.1 Å². The molecule has 0 bridgehead atoms. The van der Waals surface area contributed by atoms with E-state index in [9.17, 15) is 0 Å². The van der Waals surface area contributed by atoms with Gasteiger partial charge in [-0.3, -0.25) is 0 Å². The summed E-state index contributed by atoms with van der Waals surface area (Å²) in [5.74, 6) is 0.878. The average Bonchev–Trinajstić information content (AvgIpc) is 2.73. The number of aryl methyl sites for hydroxylation is 2. The zero-order valence-corrected chi connectivity index (χ0v) is 11.7. The molecule has 96 valence electrons. The molecular formula is C13H17N3OS. The monoisotopic (exact) mass is 263 g/mol. The molecule has 0 fully saturated rings. The molecule has 0 saturated carbocycles. The molecule has 5 heteroatoms. The van der Waals surface area contributed by atoms with Crippen LogP contribution in [0.3, 0.4) is 0 Å². The summed E-state index contributed by atoms with van der Waals surface area (Å²) in [5.41, 5.74) is 3.27. The third kappa shape index (κ3) is 3.20. The lowest BCUT2D eigenvalue weighted by molar-refractivity contribution is 0.301. The summed E-state index contributed by atoms with van der Waals surface area (Å²) in [7, 11) is 0. The van der Waals surface area contributed by atoms with Crippen molar-refractivity contribution in [1.82, 2.24) is 9.59 Å². The van der Waals surface area contributed by atoms with Crippen LogP contribution in [0, 0.1) is 13.8 Å². The van der Waals surface area contributed by atoms with Crippen molar-refractivity contribution in [2.24, 2.45) is 0 Å². The maximum Gasteiger partial charge on any atom is 0.136 e. The summed E-state index contributed by atoms with van der Waals surface area (Å²) in [4.78, 5) is 0. The molecule has 1 N–H and O–H groups in total. The van der Waals surface area contributed by atoms with E-state index in [1.165, 1.54) is 22.7 Å². The Kier molecular flexibility index (Phi) is 4.15. The first-order valence-corrected chi connectivity index (χ1v) is 6.72. The Bertz CT molecular complexity index is 504. The van der Waals surface area contributed by atoms with Crippen LogP contribution in [-0.2, 0) is 6.61 Å². The smallest absolute Gasteiger partial charge is 0.136 e. The van der Waals surface area contributed by atoms with Crippen LogP contribution in [0.5, 0.6) is 5.75 Å². The fourth-order valence-corrected chi connectivity index (χ4v) is 2.40. The summed E-state index contributed by atoms with van der Waals surface area (Å²) < 4.78 is 9.70. The minimum absolute atomic E-state index is 0.446. The van der Waals surface area contributed by atoms with E-state index in [4.69, 9.17) is 4.74 Å². The van der Waals surface area contributed by atoms with Gasteiger partial charge in [-0.1, -0.05) is 10.6 Å². The van der Waals surface area contributed by atoms with Crippen molar-refractivity contribution < 1.29 is 4.74 Å². The molecule has 0 amide bonds. The number of benzene rings is 1. The van der Waals surface area contributed by atoms with E-state index in [2.05, 4.69) is 34.8 Å². The number of nitrogens with one attached hydrogen (secondary N) is 1. The van der Waals surface area contributed by atoms with Crippen molar-refractivity contribution in [3.63, 3.8) is 0 Å². The molecule has 18 heavy (non-hydrogen) atoms. The van der Waals surface area contributed by atoms with Crippen LogP contribution >= 0.6 is 11.5 Å². The maximum absolute atomic E-state index is 5.76. The molecule has 0 aliphatic rings. The van der Waals surface area contributed by atoms with Crippen LogP contribution in [0.2, 0.25) is 0 Å². The summed E-state index contributed by atoms with van der Waals surface area (Å²) in [5, 5.41) is 8.29. The highest BCUT2D eigenvalue weighted by Crippen LogP contribution is 2.21. The Balaban J connectivity index is 2.04. The minimum Gasteiger partial charge on any atom is -0.487 e. The first-order chi connectivity index (χ1) is 8.69. The van der Waals surface area contributed by atoms with Crippen molar-refractivity contribution in [2.45, 2.75) is 27.4 Å². The van der Waals surface area contributed by atoms with Crippen molar-refractivity contribution in [2.75, 3.05) is 11.9 Å². The highest BCUT2D eigenvalue weighted by atomic mass is 32.1. The van der Waals surface area contributed by atoms with Crippen LogP contribution in [0.15, 0.2) is 18.2 Å². The van der Waals surface area contributed by atoms with Crippen LogP contribution < -0.4 is 10.1 Å². The third-order valence-electron chi connectivity index (χ3n) is 2.46. The molecule has 0 aliphatic carbocycles. The number of nitrogens with zero attached hydrogens (tertiary/aromatic N) is 2. The Morgan fingerprint density at radius 3 is 2.61 bits per heavy atom. The van der Waals surface area contributed by atoms with Gasteiger partial charge in [0.1, 0.15) is 23.1 Å². The largest absolute Gasteiger partial charge is 0.487 e. The summed E-state index contributed by atoms with van der Waals surface area (Å²) >= 11 is 1.36. The van der Waals surface area contributed by atoms with Gasteiger partial charge in [-0.2, -0.15) is 0 Å². The molecule has 2 aromatic rings. The van der Waals surface area contributed by atoms with E-state index in [1.54, 1.807) is 0 Å². The van der Waals surface area contributed by atoms with E-state index in [0.717, 1.165) is 23.0 Å². The summed E-state index contributed by atoms with van der Waals surface area (Å²) in [6, 6.07) is 6.18. The molecule has 0 aliphatic heterocycles. The fraction of sp³-hybridized carbons (Fsp3) is 0.385. The highest BCUT2D eigenvalue weighted by molar-refractivity contribution is 7.10. The lowest BCUT2D eigenvalue weighted by Gasteiger charge is -2.08. The van der Waals surface area contributed by atoms with Gasteiger partial charge >= 0.3 is 0 Å². The van der Waals surface area contributed by atoms with Gasteiger partial charge in [0.05, 0.1) is 0 Å². The maximum atomic E-state index is 5.76. The molecule has 0 unspecified atom stereocenters. The zero-order chi connectivity index (χ0) is 13.0. The number of hydrogen-bond acceptors (Lipinski definition) is 5. The molecule has 1 aromatic carbocycles. The molecule has 0 saturated heterocycles.